The third-order valence-corrected chi connectivity index (χ3v) is 3.42. The molecule has 0 aliphatic heterocycles. The number of benzene rings is 1. The predicted molar refractivity (Wildman–Crippen MR) is 72.5 cm³/mol. The van der Waals surface area contributed by atoms with E-state index in [1.165, 1.54) is 30.0 Å². The Labute approximate surface area is 111 Å². The second-order valence-corrected chi connectivity index (χ2v) is 5.44. The zero-order chi connectivity index (χ0) is 13.8. The number of aliphatic hydroxyl groups is 1. The first-order valence-electron chi connectivity index (χ1n) is 5.61. The number of aryl methyl sites for hydroxylation is 1. The normalized spacial score (nSPS) is 14.1. The molecule has 0 heterocycles. The molecule has 1 unspecified atom stereocenters. The molecule has 1 aromatic carbocycles. The van der Waals surface area contributed by atoms with Gasteiger partial charge >= 0.3 is 0 Å². The second-order valence-electron chi connectivity index (χ2n) is 4.58. The van der Waals surface area contributed by atoms with Gasteiger partial charge in [-0.3, -0.25) is 4.79 Å². The van der Waals surface area contributed by atoms with Crippen LogP contribution in [0.5, 0.6) is 0 Å². The molecule has 0 spiro atoms. The van der Waals surface area contributed by atoms with Gasteiger partial charge in [0.15, 0.2) is 0 Å². The Hall–Kier alpha value is -1.07. The number of thioether (sulfide) groups is 1. The lowest BCUT2D eigenvalue weighted by molar-refractivity contribution is 0.0725. The van der Waals surface area contributed by atoms with E-state index < -0.39 is 5.60 Å². The van der Waals surface area contributed by atoms with Gasteiger partial charge in [0.05, 0.1) is 5.60 Å². The van der Waals surface area contributed by atoms with E-state index in [-0.39, 0.29) is 18.3 Å². The average molecular weight is 271 g/mol. The lowest BCUT2D eigenvalue weighted by Gasteiger charge is -2.22. The first-order valence-corrected chi connectivity index (χ1v) is 7.01. The van der Waals surface area contributed by atoms with Gasteiger partial charge in [-0.1, -0.05) is 0 Å². The molecule has 0 radical (unpaired) electrons. The van der Waals surface area contributed by atoms with E-state index >= 15 is 0 Å². The summed E-state index contributed by atoms with van der Waals surface area (Å²) in [6.45, 7) is 3.44. The van der Waals surface area contributed by atoms with Crippen molar-refractivity contribution in [2.75, 3.05) is 18.6 Å². The minimum Gasteiger partial charge on any atom is -0.387 e. The van der Waals surface area contributed by atoms with Crippen LogP contribution in [-0.4, -0.2) is 35.2 Å². The van der Waals surface area contributed by atoms with E-state index in [4.69, 9.17) is 0 Å². The zero-order valence-corrected chi connectivity index (χ0v) is 11.6. The van der Waals surface area contributed by atoms with Crippen LogP contribution in [-0.2, 0) is 0 Å². The van der Waals surface area contributed by atoms with E-state index in [1.54, 1.807) is 13.8 Å². The maximum Gasteiger partial charge on any atom is 0.251 e. The first-order chi connectivity index (χ1) is 8.35. The van der Waals surface area contributed by atoms with Gasteiger partial charge in [-0.05, 0) is 43.9 Å². The average Bonchev–Trinajstić information content (AvgIpc) is 2.30. The first kappa shape index (κ1) is 15.0. The van der Waals surface area contributed by atoms with Gasteiger partial charge in [0.2, 0.25) is 0 Å². The number of hydrogen-bond donors (Lipinski definition) is 2. The summed E-state index contributed by atoms with van der Waals surface area (Å²) in [7, 11) is 0. The highest BCUT2D eigenvalue weighted by Gasteiger charge is 2.20. The summed E-state index contributed by atoms with van der Waals surface area (Å²) in [6.07, 6.45) is 1.89. The molecule has 0 saturated heterocycles. The Morgan fingerprint density at radius 2 is 2.22 bits per heavy atom. The van der Waals surface area contributed by atoms with Crippen LogP contribution in [0.15, 0.2) is 18.2 Å². The lowest BCUT2D eigenvalue weighted by atomic mass is 10.1. The van der Waals surface area contributed by atoms with Crippen LogP contribution in [0.1, 0.15) is 22.8 Å². The van der Waals surface area contributed by atoms with E-state index in [0.717, 1.165) is 0 Å². The number of hydrogen-bond acceptors (Lipinski definition) is 3. The fraction of sp³-hybridized carbons (Fsp3) is 0.462. The molecule has 5 heteroatoms. The van der Waals surface area contributed by atoms with Crippen LogP contribution in [0.4, 0.5) is 4.39 Å². The van der Waals surface area contributed by atoms with Gasteiger partial charge in [-0.2, -0.15) is 11.8 Å². The van der Waals surface area contributed by atoms with Crippen LogP contribution in [0.3, 0.4) is 0 Å². The summed E-state index contributed by atoms with van der Waals surface area (Å²) in [6, 6.07) is 4.19. The van der Waals surface area contributed by atoms with Crippen LogP contribution >= 0.6 is 11.8 Å². The molecule has 1 amide bonds. The molecular formula is C13H18FNO2S. The highest BCUT2D eigenvalue weighted by Crippen LogP contribution is 2.11. The fourth-order valence-corrected chi connectivity index (χ4v) is 2.24. The molecule has 0 fully saturated rings. The third-order valence-electron chi connectivity index (χ3n) is 2.51. The molecule has 0 aliphatic rings. The summed E-state index contributed by atoms with van der Waals surface area (Å²) >= 11 is 1.51. The van der Waals surface area contributed by atoms with Gasteiger partial charge in [-0.15, -0.1) is 0 Å². The van der Waals surface area contributed by atoms with E-state index in [0.29, 0.717) is 16.9 Å². The molecule has 3 nitrogen and oxygen atoms in total. The maximum absolute atomic E-state index is 13.1. The molecule has 18 heavy (non-hydrogen) atoms. The van der Waals surface area contributed by atoms with Gasteiger partial charge in [0.1, 0.15) is 5.82 Å². The minimum absolute atomic E-state index is 0.170. The Morgan fingerprint density at radius 3 is 2.78 bits per heavy atom. The van der Waals surface area contributed by atoms with Gasteiger partial charge < -0.3 is 10.4 Å². The molecule has 1 atom stereocenters. The van der Waals surface area contributed by atoms with E-state index in [2.05, 4.69) is 5.32 Å². The number of rotatable bonds is 5. The molecule has 100 valence electrons. The lowest BCUT2D eigenvalue weighted by Crippen LogP contribution is -2.42. The third kappa shape index (κ3) is 4.31. The highest BCUT2D eigenvalue weighted by atomic mass is 32.2. The van der Waals surface area contributed by atoms with E-state index in [1.807, 2.05) is 6.26 Å². The van der Waals surface area contributed by atoms with Gasteiger partial charge in [0, 0.05) is 17.9 Å². The Balaban J connectivity index is 2.63. The van der Waals surface area contributed by atoms with Crippen molar-refractivity contribution in [2.24, 2.45) is 0 Å². The standard InChI is InChI=1S/C13H18FNO2S/c1-9-6-10(4-5-11(9)14)12(16)15-7-13(2,17)8-18-3/h4-6,17H,7-8H2,1-3H3,(H,15,16). The monoisotopic (exact) mass is 271 g/mol. The van der Waals surface area contributed by atoms with Crippen LogP contribution in [0.25, 0.3) is 0 Å². The van der Waals surface area contributed by atoms with Gasteiger partial charge in [-0.25, -0.2) is 4.39 Å². The number of amides is 1. The van der Waals surface area contributed by atoms with Gasteiger partial charge in [0.25, 0.3) is 5.91 Å². The Morgan fingerprint density at radius 1 is 1.56 bits per heavy atom. The molecular weight excluding hydrogens is 253 g/mol. The van der Waals surface area contributed by atoms with Crippen LogP contribution in [0.2, 0.25) is 0 Å². The van der Waals surface area contributed by atoms with Crippen LogP contribution in [0, 0.1) is 12.7 Å². The molecule has 0 bridgehead atoms. The second kappa shape index (κ2) is 6.20. The molecule has 0 aromatic heterocycles. The molecule has 0 aliphatic carbocycles. The minimum atomic E-state index is -0.940. The molecule has 2 N–H and O–H groups in total. The van der Waals surface area contributed by atoms with Crippen molar-refractivity contribution in [3.63, 3.8) is 0 Å². The van der Waals surface area contributed by atoms with Crippen molar-refractivity contribution in [1.29, 1.82) is 0 Å². The Bertz CT molecular complexity index is 435. The fourth-order valence-electron chi connectivity index (χ4n) is 1.52. The summed E-state index contributed by atoms with van der Waals surface area (Å²) in [5, 5.41) is 12.6. The van der Waals surface area contributed by atoms with Crippen molar-refractivity contribution >= 4 is 17.7 Å². The SMILES string of the molecule is CSCC(C)(O)CNC(=O)c1ccc(F)c(C)c1. The zero-order valence-electron chi connectivity index (χ0n) is 10.8. The maximum atomic E-state index is 13.1. The summed E-state index contributed by atoms with van der Waals surface area (Å²) < 4.78 is 13.1. The smallest absolute Gasteiger partial charge is 0.251 e. The summed E-state index contributed by atoms with van der Waals surface area (Å²) in [5.74, 6) is -0.101. The number of carbonyl (C=O) groups is 1. The summed E-state index contributed by atoms with van der Waals surface area (Å²) in [4.78, 5) is 11.8. The summed E-state index contributed by atoms with van der Waals surface area (Å²) in [5.41, 5.74) is -0.114. The van der Waals surface area contributed by atoms with Crippen molar-refractivity contribution in [2.45, 2.75) is 19.4 Å². The van der Waals surface area contributed by atoms with Crippen LogP contribution < -0.4 is 5.32 Å². The Kier molecular flexibility index (Phi) is 5.16. The van der Waals surface area contributed by atoms with Crippen molar-refractivity contribution in [1.82, 2.24) is 5.32 Å². The van der Waals surface area contributed by atoms with E-state index in [9.17, 15) is 14.3 Å². The topological polar surface area (TPSA) is 49.3 Å². The highest BCUT2D eigenvalue weighted by molar-refractivity contribution is 7.98. The number of carbonyl (C=O) groups excluding carboxylic acids is 1. The molecule has 1 aromatic rings. The molecule has 0 saturated carbocycles. The molecule has 1 rings (SSSR count). The van der Waals surface area contributed by atoms with Crippen molar-refractivity contribution < 1.29 is 14.3 Å². The largest absolute Gasteiger partial charge is 0.387 e. The van der Waals surface area contributed by atoms with Crippen molar-refractivity contribution in [3.05, 3.63) is 35.1 Å². The number of nitrogens with one attached hydrogen (secondary N) is 1. The predicted octanol–water partition coefficient (Wildman–Crippen LogP) is 1.98. The number of halogens is 1. The quantitative estimate of drug-likeness (QED) is 0.861. The van der Waals surface area contributed by atoms with Crippen molar-refractivity contribution in [3.8, 4) is 0 Å².